The highest BCUT2D eigenvalue weighted by Gasteiger charge is 2.29. The van der Waals surface area contributed by atoms with Crippen molar-refractivity contribution in [1.29, 1.82) is 0 Å². The maximum absolute atomic E-state index is 12.9. The Bertz CT molecular complexity index is 798. The van der Waals surface area contributed by atoms with Crippen LogP contribution in [-0.2, 0) is 6.42 Å². The molecule has 0 aliphatic carbocycles. The lowest BCUT2D eigenvalue weighted by Gasteiger charge is -2.34. The second-order valence-electron chi connectivity index (χ2n) is 7.16. The first-order chi connectivity index (χ1) is 12.7. The number of likely N-dealkylation sites (N-methyl/N-ethyl adjacent to an activating group) is 1. The molecule has 1 aromatic carbocycles. The maximum atomic E-state index is 12.9. The average Bonchev–Trinajstić information content (AvgIpc) is 3.03. The zero-order valence-electron chi connectivity index (χ0n) is 15.6. The van der Waals surface area contributed by atoms with E-state index in [4.69, 9.17) is 4.98 Å². The molecule has 2 aliphatic heterocycles. The van der Waals surface area contributed by atoms with Crippen molar-refractivity contribution in [3.63, 3.8) is 0 Å². The molecule has 0 bridgehead atoms. The highest BCUT2D eigenvalue weighted by molar-refractivity contribution is 5.93. The number of fused-ring (bicyclic) bond motifs is 1. The van der Waals surface area contributed by atoms with Crippen LogP contribution in [0.1, 0.15) is 29.9 Å². The third-order valence-corrected chi connectivity index (χ3v) is 5.51. The summed E-state index contributed by atoms with van der Waals surface area (Å²) in [4.78, 5) is 24.2. The number of aromatic nitrogens is 1. The number of para-hydroxylation sites is 1. The first-order valence-corrected chi connectivity index (χ1v) is 9.53. The van der Waals surface area contributed by atoms with Gasteiger partial charge in [-0.1, -0.05) is 31.2 Å². The van der Waals surface area contributed by atoms with Gasteiger partial charge in [-0.2, -0.15) is 0 Å². The number of rotatable bonds is 3. The van der Waals surface area contributed by atoms with Crippen molar-refractivity contribution in [2.24, 2.45) is 0 Å². The molecule has 1 aromatic heterocycles. The Balaban J connectivity index is 1.57. The summed E-state index contributed by atoms with van der Waals surface area (Å²) >= 11 is 0. The first-order valence-electron chi connectivity index (χ1n) is 9.53. The Morgan fingerprint density at radius 3 is 2.62 bits per heavy atom. The van der Waals surface area contributed by atoms with Gasteiger partial charge < -0.3 is 14.7 Å². The molecule has 1 amide bonds. The smallest absolute Gasteiger partial charge is 0.272 e. The van der Waals surface area contributed by atoms with E-state index in [0.29, 0.717) is 11.7 Å². The highest BCUT2D eigenvalue weighted by Crippen LogP contribution is 2.37. The lowest BCUT2D eigenvalue weighted by molar-refractivity contribution is 0.0637. The lowest BCUT2D eigenvalue weighted by Crippen LogP contribution is -2.48. The predicted molar refractivity (Wildman–Crippen MR) is 104 cm³/mol. The van der Waals surface area contributed by atoms with Gasteiger partial charge in [-0.25, -0.2) is 4.98 Å². The van der Waals surface area contributed by atoms with Gasteiger partial charge in [0.2, 0.25) is 0 Å². The lowest BCUT2D eigenvalue weighted by atomic mass is 10.1. The van der Waals surface area contributed by atoms with Crippen molar-refractivity contribution in [1.82, 2.24) is 14.8 Å². The van der Waals surface area contributed by atoms with Gasteiger partial charge in [-0.3, -0.25) is 4.79 Å². The van der Waals surface area contributed by atoms with Crippen LogP contribution in [0.15, 0.2) is 42.5 Å². The number of benzene rings is 1. The average molecular weight is 350 g/mol. The van der Waals surface area contributed by atoms with Gasteiger partial charge in [0.25, 0.3) is 5.91 Å². The van der Waals surface area contributed by atoms with Crippen LogP contribution < -0.4 is 4.90 Å². The van der Waals surface area contributed by atoms with Gasteiger partial charge in [-0.15, -0.1) is 0 Å². The Hall–Kier alpha value is -2.40. The summed E-state index contributed by atoms with van der Waals surface area (Å²) in [5.41, 5.74) is 3.09. The van der Waals surface area contributed by atoms with Crippen LogP contribution in [0.5, 0.6) is 0 Å². The van der Waals surface area contributed by atoms with Crippen LogP contribution in [0, 0.1) is 0 Å². The summed E-state index contributed by atoms with van der Waals surface area (Å²) in [7, 11) is 0. The van der Waals surface area contributed by atoms with Gasteiger partial charge in [0.05, 0.1) is 0 Å². The minimum atomic E-state index is 0.0442. The van der Waals surface area contributed by atoms with E-state index in [0.717, 1.165) is 45.0 Å². The summed E-state index contributed by atoms with van der Waals surface area (Å²) < 4.78 is 0. The Morgan fingerprint density at radius 1 is 1.08 bits per heavy atom. The van der Waals surface area contributed by atoms with E-state index in [1.54, 1.807) is 0 Å². The Labute approximate surface area is 155 Å². The zero-order chi connectivity index (χ0) is 18.1. The highest BCUT2D eigenvalue weighted by atomic mass is 16.2. The van der Waals surface area contributed by atoms with Crippen molar-refractivity contribution in [2.75, 3.05) is 37.6 Å². The fraction of sp³-hybridized carbons (Fsp3) is 0.429. The normalized spacial score (nSPS) is 20.3. The second-order valence-corrected chi connectivity index (χ2v) is 7.16. The molecule has 136 valence electrons. The number of hydrogen-bond acceptors (Lipinski definition) is 4. The van der Waals surface area contributed by atoms with Gasteiger partial charge in [-0.05, 0) is 43.7 Å². The van der Waals surface area contributed by atoms with E-state index in [9.17, 15) is 4.79 Å². The maximum Gasteiger partial charge on any atom is 0.272 e. The Morgan fingerprint density at radius 2 is 1.85 bits per heavy atom. The number of anilines is 2. The number of amides is 1. The largest absolute Gasteiger partial charge is 0.335 e. The van der Waals surface area contributed by atoms with Crippen LogP contribution in [-0.4, -0.2) is 59.5 Å². The van der Waals surface area contributed by atoms with E-state index >= 15 is 0 Å². The summed E-state index contributed by atoms with van der Waals surface area (Å²) in [6.45, 7) is 8.86. The van der Waals surface area contributed by atoms with Crippen molar-refractivity contribution in [3.8, 4) is 0 Å². The Kier molecular flexibility index (Phi) is 4.64. The minimum Gasteiger partial charge on any atom is -0.335 e. The molecule has 3 heterocycles. The van der Waals surface area contributed by atoms with Crippen molar-refractivity contribution in [2.45, 2.75) is 26.3 Å². The molecular weight excluding hydrogens is 324 g/mol. The van der Waals surface area contributed by atoms with Crippen molar-refractivity contribution in [3.05, 3.63) is 53.7 Å². The fourth-order valence-corrected chi connectivity index (χ4v) is 4.02. The predicted octanol–water partition coefficient (Wildman–Crippen LogP) is 2.94. The van der Waals surface area contributed by atoms with Gasteiger partial charge in [0.15, 0.2) is 0 Å². The van der Waals surface area contributed by atoms with E-state index in [1.807, 2.05) is 23.1 Å². The first kappa shape index (κ1) is 17.0. The number of hydrogen-bond donors (Lipinski definition) is 0. The molecule has 0 radical (unpaired) electrons. The minimum absolute atomic E-state index is 0.0442. The third-order valence-electron chi connectivity index (χ3n) is 5.51. The molecular formula is C21H26N4O. The quantitative estimate of drug-likeness (QED) is 0.853. The number of pyridine rings is 1. The van der Waals surface area contributed by atoms with E-state index in [2.05, 4.69) is 47.9 Å². The number of carbonyl (C=O) groups is 1. The van der Waals surface area contributed by atoms with E-state index in [-0.39, 0.29) is 5.91 Å². The van der Waals surface area contributed by atoms with Crippen LogP contribution >= 0.6 is 0 Å². The molecule has 2 aliphatic rings. The topological polar surface area (TPSA) is 39.7 Å². The van der Waals surface area contributed by atoms with Crippen LogP contribution in [0.25, 0.3) is 0 Å². The fourth-order valence-electron chi connectivity index (χ4n) is 4.02. The second kappa shape index (κ2) is 7.08. The number of piperazine rings is 1. The van der Waals surface area contributed by atoms with Gasteiger partial charge in [0.1, 0.15) is 11.5 Å². The van der Waals surface area contributed by atoms with Gasteiger partial charge >= 0.3 is 0 Å². The molecule has 0 N–H and O–H groups in total. The molecule has 2 aromatic rings. The number of nitrogens with zero attached hydrogens (tertiary/aromatic N) is 4. The summed E-state index contributed by atoms with van der Waals surface area (Å²) in [5, 5.41) is 0. The molecule has 5 nitrogen and oxygen atoms in total. The molecule has 1 unspecified atom stereocenters. The van der Waals surface area contributed by atoms with E-state index < -0.39 is 0 Å². The van der Waals surface area contributed by atoms with Crippen molar-refractivity contribution >= 4 is 17.4 Å². The standard InChI is InChI=1S/C21H26N4O/c1-3-23-11-13-24(14-12-23)21(26)18-8-6-10-20(22-18)25-16(2)15-17-7-4-5-9-19(17)25/h4-10,16H,3,11-15H2,1-2H3. The van der Waals surface area contributed by atoms with Crippen molar-refractivity contribution < 1.29 is 4.79 Å². The molecule has 1 atom stereocenters. The zero-order valence-corrected chi connectivity index (χ0v) is 15.6. The molecule has 4 rings (SSSR count). The molecule has 0 saturated carbocycles. The van der Waals surface area contributed by atoms with Crippen LogP contribution in [0.3, 0.4) is 0 Å². The summed E-state index contributed by atoms with van der Waals surface area (Å²) in [6.07, 6.45) is 1.01. The summed E-state index contributed by atoms with van der Waals surface area (Å²) in [5.74, 6) is 0.906. The molecule has 26 heavy (non-hydrogen) atoms. The SMILES string of the molecule is CCN1CCN(C(=O)c2cccc(N3c4ccccc4CC3C)n2)CC1. The third kappa shape index (κ3) is 3.07. The molecule has 5 heteroatoms. The van der Waals surface area contributed by atoms with Crippen LogP contribution in [0.2, 0.25) is 0 Å². The van der Waals surface area contributed by atoms with E-state index in [1.165, 1.54) is 11.3 Å². The molecule has 1 saturated heterocycles. The number of carbonyl (C=O) groups excluding carboxylic acids is 1. The van der Waals surface area contributed by atoms with Crippen LogP contribution in [0.4, 0.5) is 11.5 Å². The molecule has 1 fully saturated rings. The monoisotopic (exact) mass is 350 g/mol. The summed E-state index contributed by atoms with van der Waals surface area (Å²) in [6, 6.07) is 14.6. The molecule has 0 spiro atoms. The van der Waals surface area contributed by atoms with Gasteiger partial charge in [0, 0.05) is 37.9 Å².